The van der Waals surface area contributed by atoms with E-state index in [1.165, 1.54) is 70.0 Å². The van der Waals surface area contributed by atoms with E-state index in [-0.39, 0.29) is 11.3 Å². The Balaban J connectivity index is 2.08. The van der Waals surface area contributed by atoms with Gasteiger partial charge in [0.05, 0.1) is 0 Å². The summed E-state index contributed by atoms with van der Waals surface area (Å²) in [5.74, 6) is 2.29. The maximum Gasteiger partial charge on any atom is 0.138 e. The second-order valence-corrected chi connectivity index (χ2v) is 11.0. The highest BCUT2D eigenvalue weighted by molar-refractivity contribution is 7.99. The number of hydrogen-bond donors (Lipinski definition) is 0. The zero-order valence-electron chi connectivity index (χ0n) is 18.9. The van der Waals surface area contributed by atoms with Gasteiger partial charge in [-0.1, -0.05) is 105 Å². The largest absolute Gasteiger partial charge is 0.299 e. The van der Waals surface area contributed by atoms with Crippen LogP contribution in [-0.2, 0) is 4.79 Å². The molecule has 3 atom stereocenters. The summed E-state index contributed by atoms with van der Waals surface area (Å²) in [5, 5.41) is 0.463. The zero-order valence-corrected chi connectivity index (χ0v) is 19.7. The van der Waals surface area contributed by atoms with Crippen LogP contribution in [0.5, 0.6) is 0 Å². The lowest BCUT2D eigenvalue weighted by Gasteiger charge is -2.39. The number of Topliss-reactive ketones (excluding diaryl/α,β-unsaturated/α-hetero) is 1. The van der Waals surface area contributed by atoms with Gasteiger partial charge in [-0.15, -0.1) is 0 Å². The molecule has 27 heavy (non-hydrogen) atoms. The predicted octanol–water partition coefficient (Wildman–Crippen LogP) is 8.23. The molecule has 0 radical (unpaired) electrons. The molecule has 0 fully saturated rings. The minimum absolute atomic E-state index is 0.117. The van der Waals surface area contributed by atoms with Crippen molar-refractivity contribution in [3.05, 3.63) is 12.2 Å². The highest BCUT2D eigenvalue weighted by Gasteiger charge is 2.39. The summed E-state index contributed by atoms with van der Waals surface area (Å²) >= 11 is 2.01. The minimum atomic E-state index is 0.117. The third-order valence-corrected chi connectivity index (χ3v) is 7.45. The van der Waals surface area contributed by atoms with Crippen molar-refractivity contribution in [3.8, 4) is 0 Å². The van der Waals surface area contributed by atoms with Crippen LogP contribution in [0.1, 0.15) is 112 Å². The monoisotopic (exact) mass is 394 g/mol. The number of carbonyl (C=O) groups excluding carboxylic acids is 1. The van der Waals surface area contributed by atoms with Gasteiger partial charge in [0.2, 0.25) is 0 Å². The van der Waals surface area contributed by atoms with Gasteiger partial charge in [0.15, 0.2) is 0 Å². The van der Waals surface area contributed by atoms with E-state index >= 15 is 0 Å². The van der Waals surface area contributed by atoms with E-state index in [2.05, 4.69) is 46.8 Å². The summed E-state index contributed by atoms with van der Waals surface area (Å²) in [7, 11) is 0. The van der Waals surface area contributed by atoms with Gasteiger partial charge in [-0.05, 0) is 29.9 Å². The number of thioether (sulfide) groups is 1. The first-order chi connectivity index (χ1) is 12.9. The van der Waals surface area contributed by atoms with Crippen molar-refractivity contribution in [2.45, 2.75) is 117 Å². The fourth-order valence-electron chi connectivity index (χ4n) is 4.61. The number of ketones is 1. The Morgan fingerprint density at radius 3 is 2.15 bits per heavy atom. The van der Waals surface area contributed by atoms with Gasteiger partial charge in [-0.3, -0.25) is 4.79 Å². The van der Waals surface area contributed by atoms with Gasteiger partial charge >= 0.3 is 0 Å². The number of allylic oxidation sites excluding steroid dienone is 2. The van der Waals surface area contributed by atoms with E-state index in [0.717, 1.165) is 12.8 Å². The first-order valence-corrected chi connectivity index (χ1v) is 12.7. The first-order valence-electron chi connectivity index (χ1n) is 11.7. The van der Waals surface area contributed by atoms with Gasteiger partial charge in [0.25, 0.3) is 0 Å². The SMILES string of the molecule is CCCCCCCCCCCCSC(C)CC(=O)[C@H]1[C@H](C)C=CCC1(C)C. The summed E-state index contributed by atoms with van der Waals surface area (Å²) in [6, 6.07) is 0. The number of unbranched alkanes of at least 4 members (excludes halogenated alkanes) is 9. The molecule has 1 nitrogen and oxygen atoms in total. The van der Waals surface area contributed by atoms with Gasteiger partial charge in [0, 0.05) is 17.6 Å². The normalized spacial score (nSPS) is 22.7. The highest BCUT2D eigenvalue weighted by Crippen LogP contribution is 2.42. The van der Waals surface area contributed by atoms with Gasteiger partial charge in [0.1, 0.15) is 5.78 Å². The Morgan fingerprint density at radius 2 is 1.59 bits per heavy atom. The van der Waals surface area contributed by atoms with Crippen molar-refractivity contribution in [2.24, 2.45) is 17.3 Å². The molecule has 1 aliphatic carbocycles. The molecule has 0 saturated carbocycles. The van der Waals surface area contributed by atoms with Gasteiger partial charge in [-0.25, -0.2) is 0 Å². The van der Waals surface area contributed by atoms with Crippen LogP contribution in [0.2, 0.25) is 0 Å². The molecule has 1 unspecified atom stereocenters. The average Bonchev–Trinajstić information content (AvgIpc) is 2.58. The standard InChI is InChI=1S/C25H46OS/c1-6-7-8-9-10-11-12-13-14-15-19-27-22(3)20-23(26)24-21(2)17-16-18-25(24,4)5/h16-17,21-22,24H,6-15,18-20H2,1-5H3/t21-,22?,24-/m1/s1. The lowest BCUT2D eigenvalue weighted by atomic mass is 9.65. The van der Waals surface area contributed by atoms with Crippen LogP contribution in [0.3, 0.4) is 0 Å². The number of rotatable bonds is 15. The van der Waals surface area contributed by atoms with Crippen LogP contribution >= 0.6 is 11.8 Å². The van der Waals surface area contributed by atoms with E-state index in [9.17, 15) is 4.79 Å². The van der Waals surface area contributed by atoms with E-state index in [1.54, 1.807) is 0 Å². The van der Waals surface area contributed by atoms with Crippen LogP contribution < -0.4 is 0 Å². The Kier molecular flexibility index (Phi) is 12.7. The topological polar surface area (TPSA) is 17.1 Å². The summed E-state index contributed by atoms with van der Waals surface area (Å²) in [5.41, 5.74) is 0.117. The lowest BCUT2D eigenvalue weighted by Crippen LogP contribution is -2.38. The second kappa shape index (κ2) is 13.9. The molecule has 0 aromatic rings. The Morgan fingerprint density at radius 1 is 1.04 bits per heavy atom. The molecule has 0 aromatic carbocycles. The quantitative estimate of drug-likeness (QED) is 0.205. The summed E-state index contributed by atoms with van der Waals surface area (Å²) in [6.45, 7) is 11.3. The smallest absolute Gasteiger partial charge is 0.138 e. The molecule has 2 heteroatoms. The molecule has 0 aromatic heterocycles. The molecule has 0 aliphatic heterocycles. The van der Waals surface area contributed by atoms with Crippen molar-refractivity contribution in [1.29, 1.82) is 0 Å². The van der Waals surface area contributed by atoms with Crippen molar-refractivity contribution < 1.29 is 4.79 Å². The van der Waals surface area contributed by atoms with E-state index in [1.807, 2.05) is 11.8 Å². The number of hydrogen-bond acceptors (Lipinski definition) is 2. The van der Waals surface area contributed by atoms with E-state index in [0.29, 0.717) is 17.0 Å². The third-order valence-electron chi connectivity index (χ3n) is 6.19. The molecule has 0 bridgehead atoms. The van der Waals surface area contributed by atoms with Crippen molar-refractivity contribution in [1.82, 2.24) is 0 Å². The van der Waals surface area contributed by atoms with Crippen molar-refractivity contribution in [3.63, 3.8) is 0 Å². The fourth-order valence-corrected chi connectivity index (χ4v) is 5.66. The molecular weight excluding hydrogens is 348 g/mol. The summed E-state index contributed by atoms with van der Waals surface area (Å²) in [4.78, 5) is 12.9. The Hall–Kier alpha value is -0.240. The zero-order chi connectivity index (χ0) is 20.1. The van der Waals surface area contributed by atoms with Crippen LogP contribution in [0.15, 0.2) is 12.2 Å². The molecule has 0 saturated heterocycles. The van der Waals surface area contributed by atoms with Crippen LogP contribution in [0, 0.1) is 17.3 Å². The predicted molar refractivity (Wildman–Crippen MR) is 124 cm³/mol. The van der Waals surface area contributed by atoms with Crippen molar-refractivity contribution >= 4 is 17.5 Å². The molecule has 1 aliphatic rings. The molecule has 0 N–H and O–H groups in total. The van der Waals surface area contributed by atoms with E-state index in [4.69, 9.17) is 0 Å². The summed E-state index contributed by atoms with van der Waals surface area (Å²) < 4.78 is 0. The van der Waals surface area contributed by atoms with Crippen LogP contribution in [0.25, 0.3) is 0 Å². The van der Waals surface area contributed by atoms with Crippen molar-refractivity contribution in [2.75, 3.05) is 5.75 Å². The molecule has 1 rings (SSSR count). The molecule has 158 valence electrons. The molecule has 0 heterocycles. The first kappa shape index (κ1) is 24.8. The fraction of sp³-hybridized carbons (Fsp3) is 0.880. The highest BCUT2D eigenvalue weighted by atomic mass is 32.2. The number of carbonyl (C=O) groups is 1. The second-order valence-electron chi connectivity index (χ2n) is 9.49. The minimum Gasteiger partial charge on any atom is -0.299 e. The molecule has 0 spiro atoms. The van der Waals surface area contributed by atoms with Crippen LogP contribution in [0.4, 0.5) is 0 Å². The lowest BCUT2D eigenvalue weighted by molar-refractivity contribution is -0.128. The molecule has 0 amide bonds. The van der Waals surface area contributed by atoms with Crippen LogP contribution in [-0.4, -0.2) is 16.8 Å². The Labute approximate surface area is 174 Å². The average molecular weight is 395 g/mol. The Bertz CT molecular complexity index is 426. The van der Waals surface area contributed by atoms with Gasteiger partial charge in [-0.2, -0.15) is 11.8 Å². The summed E-state index contributed by atoms with van der Waals surface area (Å²) in [6.07, 6.45) is 20.2. The maximum atomic E-state index is 12.9. The maximum absolute atomic E-state index is 12.9. The molecular formula is C25H46OS. The van der Waals surface area contributed by atoms with E-state index < -0.39 is 0 Å². The third kappa shape index (κ3) is 10.2. The van der Waals surface area contributed by atoms with Gasteiger partial charge < -0.3 is 0 Å².